The number of aliphatic hydroxyl groups excluding tert-OH is 1. The first kappa shape index (κ1) is 27.1. The Labute approximate surface area is 175 Å². The number of ether oxygens (including phenoxy) is 1. The number of rotatable bonds is 9. The van der Waals surface area contributed by atoms with Crippen molar-refractivity contribution in [1.29, 1.82) is 0 Å². The maximum Gasteiger partial charge on any atom is 0.119 e. The highest BCUT2D eigenvalue weighted by Gasteiger charge is 2.05. The number of hydrogen-bond donors (Lipinski definition) is 3. The molecule has 0 aliphatic rings. The fraction of sp³-hybridized carbons (Fsp3) is 0.368. The van der Waals surface area contributed by atoms with Gasteiger partial charge in [-0.3, -0.25) is 0 Å². The van der Waals surface area contributed by atoms with Gasteiger partial charge in [-0.25, -0.2) is 0 Å². The van der Waals surface area contributed by atoms with E-state index in [9.17, 15) is 5.11 Å². The molecule has 7 heteroatoms. The summed E-state index contributed by atoms with van der Waals surface area (Å²) in [5.74, 6) is 0.781. The molecule has 0 aliphatic heterocycles. The summed E-state index contributed by atoms with van der Waals surface area (Å²) in [4.78, 5) is 0. The van der Waals surface area contributed by atoms with Gasteiger partial charge in [0.15, 0.2) is 0 Å². The number of hydrogen-bond acceptors (Lipinski definition) is 4. The van der Waals surface area contributed by atoms with E-state index in [4.69, 9.17) is 4.74 Å². The number of aryl methyl sites for hydroxylation is 2. The summed E-state index contributed by atoms with van der Waals surface area (Å²) in [6.45, 7) is 6.62. The first-order valence-corrected chi connectivity index (χ1v) is 8.03. The molecule has 26 heavy (non-hydrogen) atoms. The van der Waals surface area contributed by atoms with E-state index in [2.05, 4.69) is 42.7 Å². The molecule has 0 fully saturated rings. The third kappa shape index (κ3) is 9.51. The highest BCUT2D eigenvalue weighted by Crippen LogP contribution is 2.18. The molecule has 0 heterocycles. The molecule has 2 aromatic rings. The van der Waals surface area contributed by atoms with Gasteiger partial charge < -0.3 is 20.5 Å². The van der Waals surface area contributed by atoms with Crippen molar-refractivity contribution >= 4 is 42.9 Å². The summed E-state index contributed by atoms with van der Waals surface area (Å²) in [7, 11) is 0. The summed E-state index contributed by atoms with van der Waals surface area (Å²) in [5, 5.41) is 16.6. The lowest BCUT2D eigenvalue weighted by atomic mass is 10.1. The molecule has 4 nitrogen and oxygen atoms in total. The summed E-state index contributed by atoms with van der Waals surface area (Å²) >= 11 is 0. The van der Waals surface area contributed by atoms with E-state index in [0.717, 1.165) is 18.8 Å². The SMILES string of the molecule is Cc1cccc(C)c1NCCNCC(O)COc1ccccc1.Cl.Cl.Cl. The van der Waals surface area contributed by atoms with Gasteiger partial charge in [-0.2, -0.15) is 0 Å². The van der Waals surface area contributed by atoms with Crippen molar-refractivity contribution in [3.8, 4) is 5.75 Å². The lowest BCUT2D eigenvalue weighted by Gasteiger charge is -2.15. The quantitative estimate of drug-likeness (QED) is 0.533. The van der Waals surface area contributed by atoms with E-state index in [1.165, 1.54) is 16.8 Å². The highest BCUT2D eigenvalue weighted by atomic mass is 35.5. The van der Waals surface area contributed by atoms with Gasteiger partial charge in [-0.1, -0.05) is 36.4 Å². The van der Waals surface area contributed by atoms with E-state index < -0.39 is 6.10 Å². The summed E-state index contributed by atoms with van der Waals surface area (Å²) in [5.41, 5.74) is 3.70. The average molecular weight is 424 g/mol. The van der Waals surface area contributed by atoms with Gasteiger partial charge in [0.2, 0.25) is 0 Å². The van der Waals surface area contributed by atoms with Crippen LogP contribution in [0.15, 0.2) is 48.5 Å². The summed E-state index contributed by atoms with van der Waals surface area (Å²) in [6, 6.07) is 15.8. The van der Waals surface area contributed by atoms with Crippen LogP contribution in [0.4, 0.5) is 5.69 Å². The summed E-state index contributed by atoms with van der Waals surface area (Å²) in [6.07, 6.45) is -0.518. The van der Waals surface area contributed by atoms with Crippen molar-refractivity contribution in [1.82, 2.24) is 5.32 Å². The molecule has 0 saturated carbocycles. The van der Waals surface area contributed by atoms with Crippen molar-refractivity contribution in [2.75, 3.05) is 31.6 Å². The Morgan fingerprint density at radius 3 is 2.12 bits per heavy atom. The van der Waals surface area contributed by atoms with Crippen LogP contribution in [0.1, 0.15) is 11.1 Å². The molecule has 0 radical (unpaired) electrons. The Hall–Kier alpha value is -1.17. The molecule has 0 aromatic heterocycles. The Morgan fingerprint density at radius 2 is 1.50 bits per heavy atom. The first-order valence-electron chi connectivity index (χ1n) is 8.03. The normalized spacial score (nSPS) is 10.6. The molecule has 1 atom stereocenters. The van der Waals surface area contributed by atoms with Crippen LogP contribution in [0.3, 0.4) is 0 Å². The largest absolute Gasteiger partial charge is 0.491 e. The monoisotopic (exact) mass is 422 g/mol. The van der Waals surface area contributed by atoms with Gasteiger partial charge in [0.05, 0.1) is 0 Å². The Balaban J connectivity index is 0. The maximum absolute atomic E-state index is 9.91. The van der Waals surface area contributed by atoms with Crippen molar-refractivity contribution in [2.24, 2.45) is 0 Å². The smallest absolute Gasteiger partial charge is 0.119 e. The van der Waals surface area contributed by atoms with E-state index in [-0.39, 0.29) is 37.2 Å². The molecule has 0 saturated heterocycles. The van der Waals surface area contributed by atoms with Gasteiger partial charge in [0.25, 0.3) is 0 Å². The molecule has 0 aliphatic carbocycles. The van der Waals surface area contributed by atoms with Crippen molar-refractivity contribution in [2.45, 2.75) is 20.0 Å². The van der Waals surface area contributed by atoms with Crippen LogP contribution in [-0.2, 0) is 0 Å². The molecule has 3 N–H and O–H groups in total. The van der Waals surface area contributed by atoms with Gasteiger partial charge in [-0.05, 0) is 37.1 Å². The van der Waals surface area contributed by atoms with Crippen LogP contribution >= 0.6 is 37.2 Å². The van der Waals surface area contributed by atoms with E-state index in [1.807, 2.05) is 30.3 Å². The fourth-order valence-corrected chi connectivity index (χ4v) is 2.41. The second kappa shape index (κ2) is 14.9. The molecular weight excluding hydrogens is 395 g/mol. The number of halogens is 3. The zero-order valence-corrected chi connectivity index (χ0v) is 17.6. The zero-order valence-electron chi connectivity index (χ0n) is 15.1. The third-order valence-corrected chi connectivity index (χ3v) is 3.65. The molecule has 0 spiro atoms. The van der Waals surface area contributed by atoms with Gasteiger partial charge in [-0.15, -0.1) is 37.2 Å². The molecule has 0 amide bonds. The van der Waals surface area contributed by atoms with Gasteiger partial charge in [0, 0.05) is 25.3 Å². The lowest BCUT2D eigenvalue weighted by molar-refractivity contribution is 0.107. The fourth-order valence-electron chi connectivity index (χ4n) is 2.41. The summed E-state index contributed by atoms with van der Waals surface area (Å²) < 4.78 is 5.52. The zero-order chi connectivity index (χ0) is 16.5. The van der Waals surface area contributed by atoms with Crippen LogP contribution in [-0.4, -0.2) is 37.5 Å². The van der Waals surface area contributed by atoms with Crippen LogP contribution < -0.4 is 15.4 Å². The molecule has 2 rings (SSSR count). The molecule has 148 valence electrons. The molecule has 2 aromatic carbocycles. The van der Waals surface area contributed by atoms with Gasteiger partial charge >= 0.3 is 0 Å². The Kier molecular flexibility index (Phi) is 15.5. The second-order valence-electron chi connectivity index (χ2n) is 5.68. The minimum Gasteiger partial charge on any atom is -0.491 e. The van der Waals surface area contributed by atoms with E-state index in [1.54, 1.807) is 0 Å². The van der Waals surface area contributed by atoms with E-state index in [0.29, 0.717) is 13.2 Å². The Bertz CT molecular complexity index is 580. The predicted molar refractivity (Wildman–Crippen MR) is 117 cm³/mol. The molecular formula is C19H29Cl3N2O2. The maximum atomic E-state index is 9.91. The molecule has 0 bridgehead atoms. The van der Waals surface area contributed by atoms with Crippen LogP contribution in [0, 0.1) is 13.8 Å². The number of para-hydroxylation sites is 2. The minimum atomic E-state index is -0.518. The highest BCUT2D eigenvalue weighted by molar-refractivity contribution is 5.86. The lowest BCUT2D eigenvalue weighted by Crippen LogP contribution is -2.34. The average Bonchev–Trinajstić information content (AvgIpc) is 2.56. The van der Waals surface area contributed by atoms with E-state index >= 15 is 0 Å². The van der Waals surface area contributed by atoms with Crippen LogP contribution in [0.25, 0.3) is 0 Å². The number of nitrogens with one attached hydrogen (secondary N) is 2. The topological polar surface area (TPSA) is 53.5 Å². The predicted octanol–water partition coefficient (Wildman–Crippen LogP) is 4.01. The van der Waals surface area contributed by atoms with Crippen molar-refractivity contribution < 1.29 is 9.84 Å². The first-order chi connectivity index (χ1) is 11.2. The van der Waals surface area contributed by atoms with Crippen molar-refractivity contribution in [3.63, 3.8) is 0 Å². The van der Waals surface area contributed by atoms with Gasteiger partial charge in [0.1, 0.15) is 18.5 Å². The number of anilines is 1. The van der Waals surface area contributed by atoms with Crippen LogP contribution in [0.5, 0.6) is 5.75 Å². The van der Waals surface area contributed by atoms with Crippen LogP contribution in [0.2, 0.25) is 0 Å². The minimum absolute atomic E-state index is 0. The Morgan fingerprint density at radius 1 is 0.885 bits per heavy atom. The van der Waals surface area contributed by atoms with Crippen molar-refractivity contribution in [3.05, 3.63) is 59.7 Å². The number of benzene rings is 2. The molecule has 1 unspecified atom stereocenters. The third-order valence-electron chi connectivity index (χ3n) is 3.65. The second-order valence-corrected chi connectivity index (χ2v) is 5.68. The standard InChI is InChI=1S/C19H26N2O2.3ClH/c1-15-7-6-8-16(2)19(15)21-12-11-20-13-17(22)14-23-18-9-4-3-5-10-18;;;/h3-10,17,20-22H,11-14H2,1-2H3;3*1H. The number of aliphatic hydroxyl groups is 1.